The van der Waals surface area contributed by atoms with Gasteiger partial charge in [0.05, 0.1) is 23.5 Å². The summed E-state index contributed by atoms with van der Waals surface area (Å²) in [6.45, 7) is 0.424. The fourth-order valence-electron chi connectivity index (χ4n) is 4.58. The maximum Gasteiger partial charge on any atom is 0.267 e. The van der Waals surface area contributed by atoms with Crippen molar-refractivity contribution in [2.24, 2.45) is 0 Å². The van der Waals surface area contributed by atoms with Gasteiger partial charge in [0.25, 0.3) is 11.8 Å². The van der Waals surface area contributed by atoms with Crippen molar-refractivity contribution in [2.45, 2.75) is 31.6 Å². The molecule has 32 heavy (non-hydrogen) atoms. The molecule has 3 heterocycles. The normalized spacial score (nSPS) is 19.5. The molecule has 0 aliphatic carbocycles. The monoisotopic (exact) mass is 426 g/mol. The predicted molar refractivity (Wildman–Crippen MR) is 118 cm³/mol. The van der Waals surface area contributed by atoms with Crippen LogP contribution in [0.3, 0.4) is 0 Å². The molecule has 1 atom stereocenters. The predicted octanol–water partition coefficient (Wildman–Crippen LogP) is 2.88. The molecule has 1 aromatic heterocycles. The van der Waals surface area contributed by atoms with Gasteiger partial charge in [-0.1, -0.05) is 48.5 Å². The molecule has 2 aliphatic rings. The van der Waals surface area contributed by atoms with E-state index in [-0.39, 0.29) is 43.7 Å². The molecule has 7 nitrogen and oxygen atoms in total. The second kappa shape index (κ2) is 7.92. The van der Waals surface area contributed by atoms with Gasteiger partial charge in [-0.15, -0.1) is 0 Å². The minimum atomic E-state index is -1.42. The van der Waals surface area contributed by atoms with Gasteiger partial charge < -0.3 is 10.2 Å². The zero-order valence-corrected chi connectivity index (χ0v) is 17.4. The highest BCUT2D eigenvalue weighted by Gasteiger charge is 2.60. The third-order valence-electron chi connectivity index (χ3n) is 6.08. The van der Waals surface area contributed by atoms with Gasteiger partial charge in [0, 0.05) is 25.6 Å². The number of pyridine rings is 1. The first-order valence-corrected chi connectivity index (χ1v) is 10.6. The summed E-state index contributed by atoms with van der Waals surface area (Å²) in [5.74, 6) is -0.813. The van der Waals surface area contributed by atoms with E-state index in [0.29, 0.717) is 16.9 Å². The highest BCUT2D eigenvalue weighted by molar-refractivity contribution is 6.16. The number of nitrogens with zero attached hydrogens (tertiary/aromatic N) is 3. The van der Waals surface area contributed by atoms with Crippen LogP contribution in [0.2, 0.25) is 0 Å². The van der Waals surface area contributed by atoms with Gasteiger partial charge >= 0.3 is 0 Å². The third-order valence-corrected chi connectivity index (χ3v) is 6.08. The van der Waals surface area contributed by atoms with Crippen molar-refractivity contribution in [1.29, 1.82) is 0 Å². The van der Waals surface area contributed by atoms with Gasteiger partial charge in [0.2, 0.25) is 11.6 Å². The maximum atomic E-state index is 13.7. The lowest BCUT2D eigenvalue weighted by Gasteiger charge is -2.49. The van der Waals surface area contributed by atoms with Gasteiger partial charge in [-0.3, -0.25) is 24.3 Å². The van der Waals surface area contributed by atoms with Crippen LogP contribution in [0, 0.1) is 0 Å². The Bertz CT molecular complexity index is 1180. The number of carbonyl (C=O) groups excluding carboxylic acids is 3. The van der Waals surface area contributed by atoms with Crippen LogP contribution in [-0.2, 0) is 22.7 Å². The van der Waals surface area contributed by atoms with E-state index in [4.69, 9.17) is 0 Å². The summed E-state index contributed by atoms with van der Waals surface area (Å²) < 4.78 is 0. The third kappa shape index (κ3) is 3.13. The van der Waals surface area contributed by atoms with Crippen molar-refractivity contribution in [3.05, 3.63) is 95.8 Å². The Morgan fingerprint density at radius 2 is 1.72 bits per heavy atom. The van der Waals surface area contributed by atoms with Crippen LogP contribution >= 0.6 is 0 Å². The lowest BCUT2D eigenvalue weighted by atomic mass is 9.94. The fraction of sp³-hybridized carbons (Fsp3) is 0.200. The highest BCUT2D eigenvalue weighted by Crippen LogP contribution is 2.45. The molecule has 160 valence electrons. The molecule has 0 bridgehead atoms. The molecule has 0 spiro atoms. The molecule has 2 aromatic carbocycles. The van der Waals surface area contributed by atoms with Crippen LogP contribution in [0.5, 0.6) is 0 Å². The summed E-state index contributed by atoms with van der Waals surface area (Å²) in [7, 11) is 0. The number of aromatic nitrogens is 1. The minimum absolute atomic E-state index is 0.170. The Labute approximate surface area is 185 Å². The Kier molecular flexibility index (Phi) is 4.93. The van der Waals surface area contributed by atoms with E-state index in [1.807, 2.05) is 42.5 Å². The van der Waals surface area contributed by atoms with Gasteiger partial charge in [0.15, 0.2) is 0 Å². The first kappa shape index (κ1) is 19.9. The van der Waals surface area contributed by atoms with Crippen molar-refractivity contribution in [1.82, 2.24) is 15.2 Å². The second-order valence-electron chi connectivity index (χ2n) is 7.94. The van der Waals surface area contributed by atoms with Crippen LogP contribution in [0.15, 0.2) is 79.0 Å². The summed E-state index contributed by atoms with van der Waals surface area (Å²) in [5.41, 5.74) is 1.07. The largest absolute Gasteiger partial charge is 0.347 e. The number of amides is 3. The Balaban J connectivity index is 1.59. The molecule has 3 amide bonds. The average Bonchev–Trinajstić information content (AvgIpc) is 3.20. The van der Waals surface area contributed by atoms with Gasteiger partial charge in [-0.05, 0) is 29.8 Å². The van der Waals surface area contributed by atoms with Crippen molar-refractivity contribution >= 4 is 23.4 Å². The molecule has 1 N–H and O–H groups in total. The molecule has 1 saturated heterocycles. The zero-order valence-electron chi connectivity index (χ0n) is 17.4. The zero-order chi connectivity index (χ0) is 22.1. The summed E-state index contributed by atoms with van der Waals surface area (Å²) in [6.07, 6.45) is 2.07. The van der Waals surface area contributed by atoms with E-state index < -0.39 is 5.66 Å². The Hall–Kier alpha value is -4.00. The molecule has 1 unspecified atom stereocenters. The molecule has 1 fully saturated rings. The van der Waals surface area contributed by atoms with Crippen LogP contribution in [-0.4, -0.2) is 33.3 Å². The van der Waals surface area contributed by atoms with Gasteiger partial charge in [-0.2, -0.15) is 0 Å². The number of hydrogen-bond donors (Lipinski definition) is 1. The van der Waals surface area contributed by atoms with E-state index in [2.05, 4.69) is 10.3 Å². The van der Waals surface area contributed by atoms with Crippen molar-refractivity contribution < 1.29 is 14.4 Å². The number of benzene rings is 2. The first-order chi connectivity index (χ1) is 15.6. The standard InChI is InChI=1S/C25H22N4O3/c30-22-13-14-25(24(32)27-16-19-10-6-7-15-26-19)28(17-18-8-2-1-3-9-18)23(31)20-11-4-5-12-21(20)29(22)25/h1-12,15H,13-14,16-17H2,(H,27,32). The van der Waals surface area contributed by atoms with E-state index in [0.717, 1.165) is 5.56 Å². The minimum Gasteiger partial charge on any atom is -0.347 e. The molecule has 5 rings (SSSR count). The number of rotatable bonds is 5. The van der Waals surface area contributed by atoms with Crippen molar-refractivity contribution in [3.8, 4) is 0 Å². The topological polar surface area (TPSA) is 82.6 Å². The van der Waals surface area contributed by atoms with E-state index in [1.165, 1.54) is 4.90 Å². The van der Waals surface area contributed by atoms with Crippen LogP contribution in [0.25, 0.3) is 0 Å². The molecule has 0 saturated carbocycles. The summed E-state index contributed by atoms with van der Waals surface area (Å²) in [6, 6.07) is 22.0. The van der Waals surface area contributed by atoms with Crippen LogP contribution < -0.4 is 10.2 Å². The SMILES string of the molecule is O=C1c2ccccc2N2C(=O)CCC2(C(=O)NCc2ccccn2)N1Cc1ccccc1. The lowest BCUT2D eigenvalue weighted by molar-refractivity contribution is -0.134. The number of nitrogens with one attached hydrogen (secondary N) is 1. The summed E-state index contributed by atoms with van der Waals surface area (Å²) in [4.78, 5) is 47.8. The van der Waals surface area contributed by atoms with Crippen LogP contribution in [0.4, 0.5) is 5.69 Å². The average molecular weight is 426 g/mol. The van der Waals surface area contributed by atoms with Crippen molar-refractivity contribution in [3.63, 3.8) is 0 Å². The number of carbonyl (C=O) groups is 3. The Morgan fingerprint density at radius 1 is 0.969 bits per heavy atom. The lowest BCUT2D eigenvalue weighted by Crippen LogP contribution is -2.70. The highest BCUT2D eigenvalue weighted by atomic mass is 16.2. The Morgan fingerprint density at radius 3 is 2.50 bits per heavy atom. The molecular formula is C25H22N4O3. The second-order valence-corrected chi connectivity index (χ2v) is 7.94. The summed E-state index contributed by atoms with van der Waals surface area (Å²) >= 11 is 0. The van der Waals surface area contributed by atoms with E-state index in [1.54, 1.807) is 41.4 Å². The summed E-state index contributed by atoms with van der Waals surface area (Å²) in [5, 5.41) is 2.93. The number of para-hydroxylation sites is 1. The molecular weight excluding hydrogens is 404 g/mol. The smallest absolute Gasteiger partial charge is 0.267 e. The maximum absolute atomic E-state index is 13.7. The number of anilines is 1. The van der Waals surface area contributed by atoms with E-state index >= 15 is 0 Å². The van der Waals surface area contributed by atoms with Crippen molar-refractivity contribution in [2.75, 3.05) is 4.90 Å². The number of hydrogen-bond acceptors (Lipinski definition) is 4. The molecule has 3 aromatic rings. The van der Waals surface area contributed by atoms with Crippen LogP contribution in [0.1, 0.15) is 34.5 Å². The van der Waals surface area contributed by atoms with E-state index in [9.17, 15) is 14.4 Å². The van der Waals surface area contributed by atoms with Gasteiger partial charge in [-0.25, -0.2) is 0 Å². The number of fused-ring (bicyclic) bond motifs is 3. The quantitative estimate of drug-likeness (QED) is 0.680. The first-order valence-electron chi connectivity index (χ1n) is 10.6. The fourth-order valence-corrected chi connectivity index (χ4v) is 4.58. The molecule has 7 heteroatoms. The van der Waals surface area contributed by atoms with Gasteiger partial charge in [0.1, 0.15) is 0 Å². The molecule has 2 aliphatic heterocycles. The molecule has 0 radical (unpaired) electrons.